The number of aryl methyl sites for hydroxylation is 1. The molecule has 1 unspecified atom stereocenters. The molecular formula is C16H25N3. The summed E-state index contributed by atoms with van der Waals surface area (Å²) in [5.74, 6) is 0.652. The molecular weight excluding hydrogens is 234 g/mol. The first-order valence-corrected chi connectivity index (χ1v) is 7.48. The van der Waals surface area contributed by atoms with Gasteiger partial charge in [0.1, 0.15) is 6.33 Å². The fourth-order valence-corrected chi connectivity index (χ4v) is 2.86. The van der Waals surface area contributed by atoms with Crippen LogP contribution >= 0.6 is 0 Å². The van der Waals surface area contributed by atoms with Crippen molar-refractivity contribution in [1.82, 2.24) is 14.6 Å². The fraction of sp³-hybridized carbons (Fsp3) is 0.625. The lowest BCUT2D eigenvalue weighted by molar-refractivity contribution is 0.548. The zero-order valence-corrected chi connectivity index (χ0v) is 12.6. The largest absolute Gasteiger partial charge is 0.221 e. The summed E-state index contributed by atoms with van der Waals surface area (Å²) in [5, 5.41) is 4.30. The Bertz CT molecular complexity index is 542. The van der Waals surface area contributed by atoms with Crippen LogP contribution in [0.15, 0.2) is 12.5 Å². The summed E-state index contributed by atoms with van der Waals surface area (Å²) in [6.45, 7) is 8.93. The lowest BCUT2D eigenvalue weighted by Crippen LogP contribution is -2.05. The Morgan fingerprint density at radius 1 is 1.16 bits per heavy atom. The molecule has 0 saturated carbocycles. The van der Waals surface area contributed by atoms with E-state index in [2.05, 4.69) is 44.0 Å². The van der Waals surface area contributed by atoms with Crippen molar-refractivity contribution in [3.05, 3.63) is 29.2 Å². The van der Waals surface area contributed by atoms with Gasteiger partial charge < -0.3 is 0 Å². The number of aromatic nitrogens is 3. The Morgan fingerprint density at radius 3 is 2.63 bits per heavy atom. The highest BCUT2D eigenvalue weighted by Crippen LogP contribution is 2.30. The van der Waals surface area contributed by atoms with Crippen molar-refractivity contribution in [3.63, 3.8) is 0 Å². The maximum atomic E-state index is 4.33. The minimum absolute atomic E-state index is 0.652. The van der Waals surface area contributed by atoms with Gasteiger partial charge in [0.25, 0.3) is 0 Å². The van der Waals surface area contributed by atoms with E-state index in [1.54, 1.807) is 6.33 Å². The normalized spacial score (nSPS) is 13.1. The number of fused-ring (bicyclic) bond motifs is 1. The first-order chi connectivity index (χ1) is 9.19. The Labute approximate surface area is 116 Å². The molecule has 0 bridgehead atoms. The molecule has 3 heteroatoms. The molecule has 1 atom stereocenters. The smallest absolute Gasteiger partial charge is 0.158 e. The quantitative estimate of drug-likeness (QED) is 0.719. The van der Waals surface area contributed by atoms with E-state index < -0.39 is 0 Å². The van der Waals surface area contributed by atoms with E-state index in [1.165, 1.54) is 48.8 Å². The summed E-state index contributed by atoms with van der Waals surface area (Å²) in [6.07, 6.45) is 10.3. The van der Waals surface area contributed by atoms with Crippen LogP contribution in [0.4, 0.5) is 0 Å². The Balaban J connectivity index is 2.33. The second-order valence-electron chi connectivity index (χ2n) is 5.46. The van der Waals surface area contributed by atoms with Gasteiger partial charge in [-0.3, -0.25) is 0 Å². The highest BCUT2D eigenvalue weighted by Gasteiger charge is 2.16. The molecule has 0 aromatic carbocycles. The number of hydrogen-bond acceptors (Lipinski definition) is 2. The highest BCUT2D eigenvalue weighted by atomic mass is 15.3. The van der Waals surface area contributed by atoms with Crippen LogP contribution in [-0.2, 0) is 0 Å². The van der Waals surface area contributed by atoms with Gasteiger partial charge in [-0.2, -0.15) is 5.10 Å². The third-order valence-electron chi connectivity index (χ3n) is 4.25. The molecule has 0 aliphatic rings. The van der Waals surface area contributed by atoms with E-state index in [0.29, 0.717) is 5.92 Å². The van der Waals surface area contributed by atoms with E-state index >= 15 is 0 Å². The van der Waals surface area contributed by atoms with Gasteiger partial charge >= 0.3 is 0 Å². The minimum atomic E-state index is 0.652. The third-order valence-corrected chi connectivity index (χ3v) is 4.25. The number of unbranched alkanes of at least 4 members (excludes halogenated alkanes) is 2. The molecule has 0 aliphatic heterocycles. The van der Waals surface area contributed by atoms with E-state index in [0.717, 1.165) is 5.65 Å². The van der Waals surface area contributed by atoms with E-state index in [9.17, 15) is 0 Å². The van der Waals surface area contributed by atoms with Crippen LogP contribution in [0.25, 0.3) is 5.65 Å². The Morgan fingerprint density at radius 2 is 1.95 bits per heavy atom. The lowest BCUT2D eigenvalue weighted by Gasteiger charge is -2.19. The van der Waals surface area contributed by atoms with Gasteiger partial charge in [0.15, 0.2) is 5.65 Å². The van der Waals surface area contributed by atoms with Crippen LogP contribution in [-0.4, -0.2) is 14.6 Å². The van der Waals surface area contributed by atoms with Gasteiger partial charge in [0, 0.05) is 6.20 Å². The molecule has 2 heterocycles. The molecule has 19 heavy (non-hydrogen) atoms. The Kier molecular flexibility index (Phi) is 4.56. The molecule has 0 saturated heterocycles. The SMILES string of the molecule is CCCCCC(CC)c1cn2ncnc2c(C)c1C. The van der Waals surface area contributed by atoms with Crippen LogP contribution in [0, 0.1) is 13.8 Å². The molecule has 0 fully saturated rings. The van der Waals surface area contributed by atoms with Crippen molar-refractivity contribution in [2.45, 2.75) is 65.7 Å². The zero-order chi connectivity index (χ0) is 13.8. The summed E-state index contributed by atoms with van der Waals surface area (Å²) in [7, 11) is 0. The molecule has 0 N–H and O–H groups in total. The van der Waals surface area contributed by atoms with Crippen molar-refractivity contribution >= 4 is 5.65 Å². The maximum Gasteiger partial charge on any atom is 0.158 e. The monoisotopic (exact) mass is 259 g/mol. The average Bonchev–Trinajstić information content (AvgIpc) is 2.88. The highest BCUT2D eigenvalue weighted by molar-refractivity contribution is 5.52. The predicted octanol–water partition coefficient (Wildman–Crippen LogP) is 4.42. The summed E-state index contributed by atoms with van der Waals surface area (Å²) in [4.78, 5) is 4.33. The minimum Gasteiger partial charge on any atom is -0.221 e. The third kappa shape index (κ3) is 2.80. The first kappa shape index (κ1) is 14.0. The molecule has 2 aromatic rings. The molecule has 0 spiro atoms. The van der Waals surface area contributed by atoms with Crippen LogP contribution in [0.2, 0.25) is 0 Å². The molecule has 0 aliphatic carbocycles. The van der Waals surface area contributed by atoms with Crippen LogP contribution in [0.5, 0.6) is 0 Å². The van der Waals surface area contributed by atoms with Crippen LogP contribution < -0.4 is 0 Å². The fourth-order valence-electron chi connectivity index (χ4n) is 2.86. The molecule has 0 amide bonds. The number of hydrogen-bond donors (Lipinski definition) is 0. The number of nitrogens with zero attached hydrogens (tertiary/aromatic N) is 3. The van der Waals surface area contributed by atoms with Crippen LogP contribution in [0.1, 0.15) is 68.6 Å². The maximum absolute atomic E-state index is 4.33. The second-order valence-corrected chi connectivity index (χ2v) is 5.46. The van der Waals surface area contributed by atoms with Crippen molar-refractivity contribution in [2.24, 2.45) is 0 Å². The van der Waals surface area contributed by atoms with Gasteiger partial charge in [0.2, 0.25) is 0 Å². The van der Waals surface area contributed by atoms with E-state index in [1.807, 2.05) is 4.52 Å². The summed E-state index contributed by atoms with van der Waals surface area (Å²) in [6, 6.07) is 0. The second kappa shape index (κ2) is 6.18. The van der Waals surface area contributed by atoms with E-state index in [-0.39, 0.29) is 0 Å². The number of pyridine rings is 1. The topological polar surface area (TPSA) is 30.2 Å². The predicted molar refractivity (Wildman–Crippen MR) is 79.6 cm³/mol. The molecule has 104 valence electrons. The zero-order valence-electron chi connectivity index (χ0n) is 12.6. The van der Waals surface area contributed by atoms with Gasteiger partial charge in [-0.15, -0.1) is 0 Å². The van der Waals surface area contributed by atoms with Gasteiger partial charge in [-0.25, -0.2) is 9.50 Å². The van der Waals surface area contributed by atoms with Crippen LogP contribution in [0.3, 0.4) is 0 Å². The number of rotatable bonds is 6. The summed E-state index contributed by atoms with van der Waals surface area (Å²) in [5.41, 5.74) is 5.10. The van der Waals surface area contributed by atoms with E-state index in [4.69, 9.17) is 0 Å². The van der Waals surface area contributed by atoms with Crippen molar-refractivity contribution in [2.75, 3.05) is 0 Å². The van der Waals surface area contributed by atoms with Crippen molar-refractivity contribution < 1.29 is 0 Å². The molecule has 0 radical (unpaired) electrons. The molecule has 2 aromatic heterocycles. The van der Waals surface area contributed by atoms with Gasteiger partial charge in [-0.1, -0.05) is 33.1 Å². The summed E-state index contributed by atoms with van der Waals surface area (Å²) < 4.78 is 1.93. The van der Waals surface area contributed by atoms with Crippen molar-refractivity contribution in [1.29, 1.82) is 0 Å². The molecule has 3 nitrogen and oxygen atoms in total. The van der Waals surface area contributed by atoms with Crippen molar-refractivity contribution in [3.8, 4) is 0 Å². The summed E-state index contributed by atoms with van der Waals surface area (Å²) >= 11 is 0. The standard InChI is InChI=1S/C16H25N3/c1-5-7-8-9-14(6-2)15-10-19-16(17-11-18-19)13(4)12(15)3/h10-11,14H,5-9H2,1-4H3. The lowest BCUT2D eigenvalue weighted by atomic mass is 9.88. The molecule has 2 rings (SSSR count). The van der Waals surface area contributed by atoms with Gasteiger partial charge in [0.05, 0.1) is 0 Å². The average molecular weight is 259 g/mol. The Hall–Kier alpha value is -1.38. The van der Waals surface area contributed by atoms with Gasteiger partial charge in [-0.05, 0) is 49.3 Å². The first-order valence-electron chi connectivity index (χ1n) is 7.48.